The Morgan fingerprint density at radius 1 is 1.00 bits per heavy atom. The third-order valence-electron chi connectivity index (χ3n) is 4.37. The summed E-state index contributed by atoms with van der Waals surface area (Å²) >= 11 is 1.21. The molecule has 0 aliphatic heterocycles. The van der Waals surface area contributed by atoms with Crippen LogP contribution in [0.25, 0.3) is 22.5 Å². The van der Waals surface area contributed by atoms with Crippen molar-refractivity contribution in [2.45, 2.75) is 25.0 Å². The molecular formula is C22H21N6O2S+. The molecule has 2 heterocycles. The van der Waals surface area contributed by atoms with Crippen molar-refractivity contribution >= 4 is 23.6 Å². The minimum atomic E-state index is -0.242. The molecule has 0 unspecified atom stereocenters. The molecule has 0 radical (unpaired) electrons. The molecule has 31 heavy (non-hydrogen) atoms. The summed E-state index contributed by atoms with van der Waals surface area (Å²) in [6.45, 7) is 3.94. The molecular weight excluding hydrogens is 412 g/mol. The molecule has 0 saturated carbocycles. The third-order valence-corrected chi connectivity index (χ3v) is 5.21. The number of amides is 1. The van der Waals surface area contributed by atoms with Crippen LogP contribution in [0.5, 0.6) is 0 Å². The number of nitrogens with one attached hydrogen (secondary N) is 1. The molecule has 0 aliphatic carbocycles. The first-order valence-electron chi connectivity index (χ1n) is 9.76. The fourth-order valence-corrected chi connectivity index (χ4v) is 3.41. The lowest BCUT2D eigenvalue weighted by atomic mass is 10.0. The van der Waals surface area contributed by atoms with Gasteiger partial charge in [-0.2, -0.15) is 0 Å². The van der Waals surface area contributed by atoms with E-state index in [0.29, 0.717) is 16.7 Å². The van der Waals surface area contributed by atoms with Crippen LogP contribution in [0.4, 0.5) is 5.88 Å². The maximum absolute atomic E-state index is 12.3. The minimum absolute atomic E-state index is 0.114. The smallest absolute Gasteiger partial charge is 0.288 e. The highest BCUT2D eigenvalue weighted by Crippen LogP contribution is 2.29. The molecule has 4 aromatic rings. The van der Waals surface area contributed by atoms with Crippen LogP contribution >= 0.6 is 11.8 Å². The molecule has 0 saturated heterocycles. The van der Waals surface area contributed by atoms with Gasteiger partial charge in [-0.3, -0.25) is 14.6 Å². The van der Waals surface area contributed by atoms with Crippen molar-refractivity contribution in [1.82, 2.24) is 20.5 Å². The number of anilines is 1. The monoisotopic (exact) mass is 433 g/mol. The van der Waals surface area contributed by atoms with E-state index in [2.05, 4.69) is 20.8 Å². The van der Waals surface area contributed by atoms with Crippen LogP contribution in [0.2, 0.25) is 0 Å². The number of hydrogen-bond acceptors (Lipinski definition) is 7. The van der Waals surface area contributed by atoms with E-state index in [1.54, 1.807) is 10.9 Å². The van der Waals surface area contributed by atoms with Crippen LogP contribution in [0.1, 0.15) is 19.9 Å². The van der Waals surface area contributed by atoms with Crippen molar-refractivity contribution in [3.63, 3.8) is 0 Å². The summed E-state index contributed by atoms with van der Waals surface area (Å²) in [4.78, 5) is 17.0. The van der Waals surface area contributed by atoms with Gasteiger partial charge in [0.2, 0.25) is 16.3 Å². The summed E-state index contributed by atoms with van der Waals surface area (Å²) in [7, 11) is 0. The highest BCUT2D eigenvalue weighted by Gasteiger charge is 2.18. The van der Waals surface area contributed by atoms with Gasteiger partial charge >= 0.3 is 5.88 Å². The van der Waals surface area contributed by atoms with Crippen LogP contribution in [0, 0.1) is 0 Å². The Labute approximate surface area is 183 Å². The van der Waals surface area contributed by atoms with E-state index in [1.807, 2.05) is 74.5 Å². The number of carbonyl (C=O) groups excluding carboxylic acids is 1. The van der Waals surface area contributed by atoms with Gasteiger partial charge in [-0.1, -0.05) is 72.4 Å². The Kier molecular flexibility index (Phi) is 6.32. The number of thioether (sulfide) groups is 1. The van der Waals surface area contributed by atoms with Crippen molar-refractivity contribution in [3.8, 4) is 22.5 Å². The summed E-state index contributed by atoms with van der Waals surface area (Å²) in [5.74, 6) is 0.167. The molecule has 0 aliphatic rings. The summed E-state index contributed by atoms with van der Waals surface area (Å²) in [5.41, 5.74) is 3.28. The van der Waals surface area contributed by atoms with Gasteiger partial charge in [0.15, 0.2) is 6.04 Å². The lowest BCUT2D eigenvalue weighted by Crippen LogP contribution is -2.36. The average Bonchev–Trinajstić information content (AvgIpc) is 3.27. The summed E-state index contributed by atoms with van der Waals surface area (Å²) in [6, 6.07) is 19.7. The predicted molar refractivity (Wildman–Crippen MR) is 117 cm³/mol. The normalized spacial score (nSPS) is 10.9. The van der Waals surface area contributed by atoms with Gasteiger partial charge in [0.1, 0.15) is 11.4 Å². The Hall–Kier alpha value is -3.59. The second-order valence-corrected chi connectivity index (χ2v) is 7.94. The summed E-state index contributed by atoms with van der Waals surface area (Å²) in [6.07, 6.45) is 1.65. The van der Waals surface area contributed by atoms with E-state index in [9.17, 15) is 4.79 Å². The van der Waals surface area contributed by atoms with Crippen LogP contribution in [-0.4, -0.2) is 32.1 Å². The standard InChI is InChI=1S/C22H20N6O2S/c1-15(2)28-13-19(30-27-28)23-18(29)14-31-22-24-20(16-9-5-3-6-10-16)21(25-26-22)17-11-7-4-8-12-17/h3-13,15H,14H2,1-2H3/p+1. The first kappa shape index (κ1) is 20.7. The SMILES string of the molecule is CC(C)[n+]1cc(NC(=O)CSc2nnc(-c3ccccc3)c(-c3ccccc3)n2)on1. The molecule has 0 spiro atoms. The molecule has 0 fully saturated rings. The zero-order valence-corrected chi connectivity index (χ0v) is 17.9. The predicted octanol–water partition coefficient (Wildman–Crippen LogP) is 3.79. The lowest BCUT2D eigenvalue weighted by Gasteiger charge is -2.09. The maximum Gasteiger partial charge on any atom is 0.302 e. The topological polar surface area (TPSA) is 97.7 Å². The van der Waals surface area contributed by atoms with Gasteiger partial charge in [0.05, 0.1) is 5.75 Å². The van der Waals surface area contributed by atoms with Crippen molar-refractivity contribution in [2.24, 2.45) is 0 Å². The highest BCUT2D eigenvalue weighted by atomic mass is 32.2. The van der Waals surface area contributed by atoms with Gasteiger partial charge in [-0.05, 0) is 18.5 Å². The number of benzene rings is 2. The number of nitrogens with zero attached hydrogens (tertiary/aromatic N) is 5. The molecule has 1 amide bonds. The Morgan fingerprint density at radius 3 is 2.26 bits per heavy atom. The van der Waals surface area contributed by atoms with Gasteiger partial charge in [0, 0.05) is 11.1 Å². The molecule has 2 aromatic heterocycles. The molecule has 8 nitrogen and oxygen atoms in total. The maximum atomic E-state index is 12.3. The van der Waals surface area contributed by atoms with Gasteiger partial charge in [0.25, 0.3) is 6.20 Å². The van der Waals surface area contributed by atoms with Crippen molar-refractivity contribution in [1.29, 1.82) is 0 Å². The van der Waals surface area contributed by atoms with E-state index in [1.165, 1.54) is 11.8 Å². The third kappa shape index (κ3) is 5.13. The Bertz CT molecular complexity index is 1170. The Balaban J connectivity index is 1.51. The second kappa shape index (κ2) is 9.48. The number of rotatable bonds is 7. The van der Waals surface area contributed by atoms with Crippen molar-refractivity contribution in [2.75, 3.05) is 11.1 Å². The van der Waals surface area contributed by atoms with Gasteiger partial charge in [-0.25, -0.2) is 4.98 Å². The van der Waals surface area contributed by atoms with Crippen LogP contribution in [0.15, 0.2) is 76.5 Å². The number of carbonyl (C=O) groups is 1. The van der Waals surface area contributed by atoms with Crippen LogP contribution < -0.4 is 10.00 Å². The van der Waals surface area contributed by atoms with Crippen molar-refractivity contribution < 1.29 is 14.0 Å². The van der Waals surface area contributed by atoms with E-state index < -0.39 is 0 Å². The van der Waals surface area contributed by atoms with E-state index >= 15 is 0 Å². The first-order chi connectivity index (χ1) is 15.1. The second-order valence-electron chi connectivity index (χ2n) is 7.00. The lowest BCUT2D eigenvalue weighted by molar-refractivity contribution is -0.779. The van der Waals surface area contributed by atoms with Gasteiger partial charge in [-0.15, -0.1) is 10.2 Å². The van der Waals surface area contributed by atoms with E-state index in [4.69, 9.17) is 9.51 Å². The molecule has 0 atom stereocenters. The summed E-state index contributed by atoms with van der Waals surface area (Å²) < 4.78 is 6.75. The van der Waals surface area contributed by atoms with E-state index in [0.717, 1.165) is 16.8 Å². The average molecular weight is 434 g/mol. The number of hydrogen-bond donors (Lipinski definition) is 1. The van der Waals surface area contributed by atoms with Crippen LogP contribution in [0.3, 0.4) is 0 Å². The highest BCUT2D eigenvalue weighted by molar-refractivity contribution is 7.99. The van der Waals surface area contributed by atoms with Crippen molar-refractivity contribution in [3.05, 3.63) is 66.9 Å². The Morgan fingerprint density at radius 2 is 1.65 bits per heavy atom. The van der Waals surface area contributed by atoms with E-state index in [-0.39, 0.29) is 17.7 Å². The minimum Gasteiger partial charge on any atom is -0.288 e. The zero-order valence-electron chi connectivity index (χ0n) is 17.1. The molecule has 9 heteroatoms. The van der Waals surface area contributed by atoms with Crippen LogP contribution in [-0.2, 0) is 4.79 Å². The largest absolute Gasteiger partial charge is 0.302 e. The molecule has 4 rings (SSSR count). The van der Waals surface area contributed by atoms with Gasteiger partial charge < -0.3 is 0 Å². The fourth-order valence-electron chi connectivity index (χ4n) is 2.82. The molecule has 2 aromatic carbocycles. The zero-order chi connectivity index (χ0) is 21.6. The fraction of sp³-hybridized carbons (Fsp3) is 0.182. The quantitative estimate of drug-likeness (QED) is 0.350. The first-order valence-corrected chi connectivity index (χ1v) is 10.7. The summed E-state index contributed by atoms with van der Waals surface area (Å²) in [5, 5.41) is 15.6. The number of aromatic nitrogens is 5. The molecule has 156 valence electrons. The molecule has 1 N–H and O–H groups in total. The molecule has 0 bridgehead atoms.